The van der Waals surface area contributed by atoms with E-state index >= 15 is 0 Å². The quantitative estimate of drug-likeness (QED) is 0.574. The minimum Gasteiger partial charge on any atom is -0.192 e. The van der Waals surface area contributed by atoms with Gasteiger partial charge in [0.1, 0.15) is 6.07 Å². The Hall–Kier alpha value is -2.04. The average molecular weight is 268 g/mol. The number of nitriles is 1. The fraction of sp³-hybridized carbons (Fsp3) is 0.118. The smallest absolute Gasteiger partial charge is 0.101 e. The van der Waals surface area contributed by atoms with Gasteiger partial charge in [-0.2, -0.15) is 5.26 Å². The summed E-state index contributed by atoms with van der Waals surface area (Å²) < 4.78 is 0. The molecule has 1 nitrogen and oxygen atoms in total. The van der Waals surface area contributed by atoms with Crippen LogP contribution in [-0.4, -0.2) is 0 Å². The number of rotatable bonds is 3. The van der Waals surface area contributed by atoms with Crippen LogP contribution in [0.4, 0.5) is 0 Å². The minimum atomic E-state index is 0.497. The van der Waals surface area contributed by atoms with Gasteiger partial charge in [-0.3, -0.25) is 0 Å². The molecule has 0 saturated carbocycles. The summed E-state index contributed by atoms with van der Waals surface area (Å²) in [5, 5.41) is 9.82. The van der Waals surface area contributed by atoms with Gasteiger partial charge in [0.15, 0.2) is 0 Å². The summed E-state index contributed by atoms with van der Waals surface area (Å²) in [4.78, 5) is 0. The molecule has 2 rings (SSSR count). The minimum absolute atomic E-state index is 0.497. The predicted octanol–water partition coefficient (Wildman–Crippen LogP) is 4.88. The highest BCUT2D eigenvalue weighted by Gasteiger charge is 2.08. The number of aryl methyl sites for hydroxylation is 1. The Morgan fingerprint density at radius 2 is 1.63 bits per heavy atom. The molecule has 94 valence electrons. The highest BCUT2D eigenvalue weighted by atomic mass is 35.5. The summed E-state index contributed by atoms with van der Waals surface area (Å²) in [6.45, 7) is 2.11. The van der Waals surface area contributed by atoms with Crippen molar-refractivity contribution in [3.63, 3.8) is 0 Å². The Balaban J connectivity index is 2.46. The van der Waals surface area contributed by atoms with Crippen molar-refractivity contribution in [1.29, 1.82) is 5.26 Å². The molecule has 0 fully saturated rings. The normalized spacial score (nSPS) is 11.6. The molecule has 0 spiro atoms. The Morgan fingerprint density at radius 1 is 1.00 bits per heavy atom. The van der Waals surface area contributed by atoms with Gasteiger partial charge in [-0.25, -0.2) is 0 Å². The van der Waals surface area contributed by atoms with Crippen molar-refractivity contribution >= 4 is 22.2 Å². The van der Waals surface area contributed by atoms with Gasteiger partial charge in [0.25, 0.3) is 0 Å². The van der Waals surface area contributed by atoms with Gasteiger partial charge in [0, 0.05) is 0 Å². The van der Waals surface area contributed by atoms with Crippen LogP contribution in [0.15, 0.2) is 54.6 Å². The first-order valence-electron chi connectivity index (χ1n) is 6.21. The van der Waals surface area contributed by atoms with E-state index in [1.807, 2.05) is 54.6 Å². The lowest BCUT2D eigenvalue weighted by atomic mass is 10.0. The van der Waals surface area contributed by atoms with Crippen LogP contribution in [0.25, 0.3) is 10.6 Å². The van der Waals surface area contributed by atoms with Crippen molar-refractivity contribution in [3.05, 3.63) is 71.3 Å². The third kappa shape index (κ3) is 3.05. The van der Waals surface area contributed by atoms with Gasteiger partial charge >= 0.3 is 0 Å². The first-order valence-corrected chi connectivity index (χ1v) is 6.58. The Morgan fingerprint density at radius 3 is 2.16 bits per heavy atom. The van der Waals surface area contributed by atoms with E-state index in [1.165, 1.54) is 5.56 Å². The molecule has 0 aromatic heterocycles. The van der Waals surface area contributed by atoms with E-state index in [9.17, 15) is 5.26 Å². The summed E-state index contributed by atoms with van der Waals surface area (Å²) in [5.41, 5.74) is 3.48. The van der Waals surface area contributed by atoms with Crippen molar-refractivity contribution < 1.29 is 0 Å². The second-order valence-corrected chi connectivity index (χ2v) is 4.60. The van der Waals surface area contributed by atoms with E-state index in [0.717, 1.165) is 17.5 Å². The fourth-order valence-electron chi connectivity index (χ4n) is 1.88. The number of halogens is 1. The summed E-state index contributed by atoms with van der Waals surface area (Å²) in [5.74, 6) is 0. The Bertz CT molecular complexity index is 619. The molecule has 0 unspecified atom stereocenters. The van der Waals surface area contributed by atoms with Gasteiger partial charge in [0.05, 0.1) is 10.6 Å². The SMILES string of the molecule is CCc1ccc(C(Cl)=C(C#N)c2ccccc2)cc1. The molecular formula is C17H14ClN. The van der Waals surface area contributed by atoms with E-state index in [-0.39, 0.29) is 0 Å². The van der Waals surface area contributed by atoms with E-state index in [2.05, 4.69) is 13.0 Å². The number of nitrogens with zero attached hydrogens (tertiary/aromatic N) is 1. The van der Waals surface area contributed by atoms with Crippen LogP contribution in [0.2, 0.25) is 0 Å². The van der Waals surface area contributed by atoms with Crippen molar-refractivity contribution in [2.24, 2.45) is 0 Å². The standard InChI is InChI=1S/C17H14ClN/c1-2-13-8-10-15(11-9-13)17(18)16(12-19)14-6-4-3-5-7-14/h3-11H,2H2,1H3. The molecule has 0 saturated heterocycles. The molecule has 0 aliphatic carbocycles. The van der Waals surface area contributed by atoms with Crippen LogP contribution < -0.4 is 0 Å². The second kappa shape index (κ2) is 6.22. The van der Waals surface area contributed by atoms with Crippen molar-refractivity contribution in [2.75, 3.05) is 0 Å². The summed E-state index contributed by atoms with van der Waals surface area (Å²) in [7, 11) is 0. The van der Waals surface area contributed by atoms with Crippen molar-refractivity contribution in [1.82, 2.24) is 0 Å². The first-order chi connectivity index (χ1) is 9.26. The molecule has 2 aromatic rings. The van der Waals surface area contributed by atoms with E-state index < -0.39 is 0 Å². The highest BCUT2D eigenvalue weighted by molar-refractivity contribution is 6.53. The maximum absolute atomic E-state index is 9.32. The van der Waals surface area contributed by atoms with Gasteiger partial charge in [0.2, 0.25) is 0 Å². The molecule has 0 bridgehead atoms. The van der Waals surface area contributed by atoms with Crippen LogP contribution in [0.3, 0.4) is 0 Å². The number of allylic oxidation sites excluding steroid dienone is 1. The van der Waals surface area contributed by atoms with Gasteiger partial charge in [-0.05, 0) is 23.1 Å². The molecule has 0 heterocycles. The Labute approximate surface area is 118 Å². The maximum Gasteiger partial charge on any atom is 0.101 e. The maximum atomic E-state index is 9.32. The van der Waals surface area contributed by atoms with Gasteiger partial charge in [-0.15, -0.1) is 0 Å². The average Bonchev–Trinajstić information content (AvgIpc) is 2.49. The summed E-state index contributed by atoms with van der Waals surface area (Å²) in [6.07, 6.45) is 0.991. The van der Waals surface area contributed by atoms with Crippen LogP contribution >= 0.6 is 11.6 Å². The van der Waals surface area contributed by atoms with E-state index in [4.69, 9.17) is 11.6 Å². The number of hydrogen-bond donors (Lipinski definition) is 0. The third-order valence-corrected chi connectivity index (χ3v) is 3.42. The highest BCUT2D eigenvalue weighted by Crippen LogP contribution is 2.29. The molecule has 0 atom stereocenters. The van der Waals surface area contributed by atoms with Gasteiger partial charge < -0.3 is 0 Å². The number of benzene rings is 2. The van der Waals surface area contributed by atoms with Gasteiger partial charge in [-0.1, -0.05) is 73.1 Å². The third-order valence-electron chi connectivity index (χ3n) is 3.01. The van der Waals surface area contributed by atoms with Crippen LogP contribution in [0, 0.1) is 11.3 Å². The molecule has 0 N–H and O–H groups in total. The molecule has 2 heteroatoms. The van der Waals surface area contributed by atoms with E-state index in [0.29, 0.717) is 10.6 Å². The molecule has 2 aromatic carbocycles. The predicted molar refractivity (Wildman–Crippen MR) is 80.5 cm³/mol. The monoisotopic (exact) mass is 267 g/mol. The first kappa shape index (κ1) is 13.4. The van der Waals surface area contributed by atoms with Crippen LogP contribution in [-0.2, 0) is 6.42 Å². The van der Waals surface area contributed by atoms with Crippen molar-refractivity contribution in [2.45, 2.75) is 13.3 Å². The van der Waals surface area contributed by atoms with Crippen LogP contribution in [0.5, 0.6) is 0 Å². The molecular weight excluding hydrogens is 254 g/mol. The fourth-order valence-corrected chi connectivity index (χ4v) is 2.15. The molecule has 0 aliphatic rings. The summed E-state index contributed by atoms with van der Waals surface area (Å²) >= 11 is 6.36. The van der Waals surface area contributed by atoms with E-state index in [1.54, 1.807) is 0 Å². The largest absolute Gasteiger partial charge is 0.192 e. The molecule has 0 radical (unpaired) electrons. The zero-order valence-corrected chi connectivity index (χ0v) is 11.5. The summed E-state index contributed by atoms with van der Waals surface area (Å²) in [6, 6.07) is 19.7. The lowest BCUT2D eigenvalue weighted by Gasteiger charge is -2.05. The lowest BCUT2D eigenvalue weighted by molar-refractivity contribution is 1.14. The zero-order valence-electron chi connectivity index (χ0n) is 10.7. The molecule has 0 amide bonds. The zero-order chi connectivity index (χ0) is 13.7. The topological polar surface area (TPSA) is 23.8 Å². The molecule has 0 aliphatic heterocycles. The molecule has 19 heavy (non-hydrogen) atoms. The number of hydrogen-bond acceptors (Lipinski definition) is 1. The second-order valence-electron chi connectivity index (χ2n) is 4.22. The Kier molecular flexibility index (Phi) is 4.39. The van der Waals surface area contributed by atoms with Crippen LogP contribution in [0.1, 0.15) is 23.6 Å². The lowest BCUT2D eigenvalue weighted by Crippen LogP contribution is -1.87. The van der Waals surface area contributed by atoms with Crippen molar-refractivity contribution in [3.8, 4) is 6.07 Å².